The van der Waals surface area contributed by atoms with Crippen LogP contribution in [0.25, 0.3) is 11.4 Å². The Labute approximate surface area is 135 Å². The molecule has 1 aromatic heterocycles. The van der Waals surface area contributed by atoms with E-state index in [-0.39, 0.29) is 5.91 Å². The van der Waals surface area contributed by atoms with E-state index in [0.29, 0.717) is 29.9 Å². The molecule has 0 atom stereocenters. The zero-order valence-corrected chi connectivity index (χ0v) is 13.7. The third kappa shape index (κ3) is 4.18. The zero-order chi connectivity index (χ0) is 16.1. The number of hydrogen-bond acceptors (Lipinski definition) is 4. The van der Waals surface area contributed by atoms with Crippen LogP contribution in [0, 0.1) is 13.8 Å². The first-order valence-corrected chi connectivity index (χ1v) is 7.44. The zero-order valence-electron chi connectivity index (χ0n) is 12.9. The molecule has 0 fully saturated rings. The van der Waals surface area contributed by atoms with Gasteiger partial charge in [-0.25, -0.2) is 9.97 Å². The van der Waals surface area contributed by atoms with Crippen molar-refractivity contribution in [3.8, 4) is 11.4 Å². The van der Waals surface area contributed by atoms with E-state index in [4.69, 9.17) is 11.6 Å². The molecule has 0 aliphatic heterocycles. The van der Waals surface area contributed by atoms with Crippen molar-refractivity contribution in [2.45, 2.75) is 20.8 Å². The average Bonchev–Trinajstić information content (AvgIpc) is 2.48. The maximum Gasteiger partial charge on any atom is 0.216 e. The smallest absolute Gasteiger partial charge is 0.216 e. The Kier molecular flexibility index (Phi) is 5.33. The SMILES string of the molecule is CC(=O)NCCNc1nc(-c2ccc(C)cc2)nc(Cl)c1C. The van der Waals surface area contributed by atoms with Gasteiger partial charge in [0.05, 0.1) is 0 Å². The molecule has 1 aromatic carbocycles. The molecule has 1 heterocycles. The number of carbonyl (C=O) groups excluding carboxylic acids is 1. The van der Waals surface area contributed by atoms with Crippen LogP contribution in [0.5, 0.6) is 0 Å². The normalized spacial score (nSPS) is 10.4. The summed E-state index contributed by atoms with van der Waals surface area (Å²) in [5.41, 5.74) is 2.88. The standard InChI is InChI=1S/C16H19ClN4O/c1-10-4-6-13(7-5-10)16-20-14(17)11(2)15(21-16)19-9-8-18-12(3)22/h4-7H,8-9H2,1-3H3,(H,18,22)(H,19,20,21). The van der Waals surface area contributed by atoms with Crippen LogP contribution in [0.2, 0.25) is 5.15 Å². The maximum atomic E-state index is 10.9. The molecule has 0 aliphatic rings. The van der Waals surface area contributed by atoms with Crippen molar-refractivity contribution in [2.75, 3.05) is 18.4 Å². The van der Waals surface area contributed by atoms with Crippen LogP contribution >= 0.6 is 11.6 Å². The van der Waals surface area contributed by atoms with E-state index in [1.165, 1.54) is 12.5 Å². The molecule has 2 rings (SSSR count). The lowest BCUT2D eigenvalue weighted by atomic mass is 10.1. The van der Waals surface area contributed by atoms with Crippen molar-refractivity contribution in [2.24, 2.45) is 0 Å². The molecule has 0 aliphatic carbocycles. The van der Waals surface area contributed by atoms with E-state index < -0.39 is 0 Å². The fourth-order valence-corrected chi connectivity index (χ4v) is 2.08. The van der Waals surface area contributed by atoms with Gasteiger partial charge in [0, 0.05) is 31.1 Å². The first kappa shape index (κ1) is 16.2. The fraction of sp³-hybridized carbons (Fsp3) is 0.312. The predicted octanol–water partition coefficient (Wildman–Crippen LogP) is 2.96. The van der Waals surface area contributed by atoms with Crippen molar-refractivity contribution in [1.82, 2.24) is 15.3 Å². The highest BCUT2D eigenvalue weighted by Gasteiger charge is 2.10. The molecule has 0 saturated carbocycles. The number of nitrogens with zero attached hydrogens (tertiary/aromatic N) is 2. The Bertz CT molecular complexity index is 671. The second-order valence-corrected chi connectivity index (χ2v) is 5.45. The van der Waals surface area contributed by atoms with Gasteiger partial charge in [-0.15, -0.1) is 0 Å². The van der Waals surface area contributed by atoms with Crippen molar-refractivity contribution >= 4 is 23.3 Å². The summed E-state index contributed by atoms with van der Waals surface area (Å²) in [6.45, 7) is 6.48. The number of halogens is 1. The first-order chi connectivity index (χ1) is 10.5. The Balaban J connectivity index is 2.19. The number of benzene rings is 1. The number of aromatic nitrogens is 2. The molecule has 2 aromatic rings. The number of hydrogen-bond donors (Lipinski definition) is 2. The highest BCUT2D eigenvalue weighted by Crippen LogP contribution is 2.24. The van der Waals surface area contributed by atoms with Gasteiger partial charge in [-0.05, 0) is 13.8 Å². The summed E-state index contributed by atoms with van der Waals surface area (Å²) >= 11 is 6.20. The summed E-state index contributed by atoms with van der Waals surface area (Å²) in [5.74, 6) is 1.21. The van der Waals surface area contributed by atoms with E-state index in [9.17, 15) is 4.79 Å². The molecule has 5 nitrogen and oxygen atoms in total. The van der Waals surface area contributed by atoms with Crippen LogP contribution in [-0.4, -0.2) is 29.0 Å². The lowest BCUT2D eigenvalue weighted by Crippen LogP contribution is -2.26. The Hall–Kier alpha value is -2.14. The summed E-state index contributed by atoms with van der Waals surface area (Å²) in [7, 11) is 0. The highest BCUT2D eigenvalue weighted by molar-refractivity contribution is 6.30. The Morgan fingerprint density at radius 1 is 1.14 bits per heavy atom. The molecule has 116 valence electrons. The molecular weight excluding hydrogens is 300 g/mol. The van der Waals surface area contributed by atoms with Gasteiger partial charge in [0.2, 0.25) is 5.91 Å². The Morgan fingerprint density at radius 2 is 1.82 bits per heavy atom. The van der Waals surface area contributed by atoms with Crippen molar-refractivity contribution < 1.29 is 4.79 Å². The molecule has 2 N–H and O–H groups in total. The largest absolute Gasteiger partial charge is 0.368 e. The van der Waals surface area contributed by atoms with Gasteiger partial charge in [0.1, 0.15) is 11.0 Å². The number of rotatable bonds is 5. The van der Waals surface area contributed by atoms with E-state index in [1.807, 2.05) is 38.1 Å². The molecule has 22 heavy (non-hydrogen) atoms. The molecule has 0 unspecified atom stereocenters. The van der Waals surface area contributed by atoms with E-state index in [1.54, 1.807) is 0 Å². The summed E-state index contributed by atoms with van der Waals surface area (Å²) in [6, 6.07) is 7.96. The minimum Gasteiger partial charge on any atom is -0.368 e. The molecular formula is C16H19ClN4O. The first-order valence-electron chi connectivity index (χ1n) is 7.07. The van der Waals surface area contributed by atoms with Crippen LogP contribution in [-0.2, 0) is 4.79 Å². The van der Waals surface area contributed by atoms with E-state index >= 15 is 0 Å². The van der Waals surface area contributed by atoms with Crippen molar-refractivity contribution in [3.05, 3.63) is 40.5 Å². The summed E-state index contributed by atoms with van der Waals surface area (Å²) in [4.78, 5) is 19.7. The third-order valence-electron chi connectivity index (χ3n) is 3.19. The van der Waals surface area contributed by atoms with E-state index in [2.05, 4.69) is 20.6 Å². The van der Waals surface area contributed by atoms with E-state index in [0.717, 1.165) is 11.1 Å². The van der Waals surface area contributed by atoms with Gasteiger partial charge < -0.3 is 10.6 Å². The molecule has 0 bridgehead atoms. The topological polar surface area (TPSA) is 66.9 Å². The monoisotopic (exact) mass is 318 g/mol. The van der Waals surface area contributed by atoms with Crippen molar-refractivity contribution in [3.63, 3.8) is 0 Å². The van der Waals surface area contributed by atoms with Crippen LogP contribution in [0.3, 0.4) is 0 Å². The van der Waals surface area contributed by atoms with Gasteiger partial charge in [-0.3, -0.25) is 4.79 Å². The molecule has 0 radical (unpaired) electrons. The van der Waals surface area contributed by atoms with Crippen molar-refractivity contribution in [1.29, 1.82) is 0 Å². The molecule has 1 amide bonds. The van der Waals surface area contributed by atoms with Gasteiger partial charge >= 0.3 is 0 Å². The van der Waals surface area contributed by atoms with Gasteiger partial charge in [0.15, 0.2) is 5.82 Å². The highest BCUT2D eigenvalue weighted by atomic mass is 35.5. The van der Waals surface area contributed by atoms with Gasteiger partial charge in [-0.1, -0.05) is 41.4 Å². The minimum atomic E-state index is -0.0559. The summed E-state index contributed by atoms with van der Waals surface area (Å²) < 4.78 is 0. The second-order valence-electron chi connectivity index (χ2n) is 5.09. The number of carbonyl (C=O) groups is 1. The van der Waals surface area contributed by atoms with Crippen LogP contribution in [0.1, 0.15) is 18.1 Å². The Morgan fingerprint density at radius 3 is 2.45 bits per heavy atom. The minimum absolute atomic E-state index is 0.0559. The molecule has 6 heteroatoms. The second kappa shape index (κ2) is 7.22. The molecule has 0 spiro atoms. The van der Waals surface area contributed by atoms with Crippen LogP contribution in [0.4, 0.5) is 5.82 Å². The van der Waals surface area contributed by atoms with Gasteiger partial charge in [-0.2, -0.15) is 0 Å². The lowest BCUT2D eigenvalue weighted by Gasteiger charge is -2.12. The fourth-order valence-electron chi connectivity index (χ4n) is 1.91. The molecule has 0 saturated heterocycles. The number of nitrogens with one attached hydrogen (secondary N) is 2. The number of anilines is 1. The lowest BCUT2D eigenvalue weighted by molar-refractivity contribution is -0.118. The third-order valence-corrected chi connectivity index (χ3v) is 3.56. The van der Waals surface area contributed by atoms with Gasteiger partial charge in [0.25, 0.3) is 0 Å². The van der Waals surface area contributed by atoms with Crippen LogP contribution < -0.4 is 10.6 Å². The number of aryl methyl sites for hydroxylation is 1. The average molecular weight is 319 g/mol. The number of amides is 1. The maximum absolute atomic E-state index is 10.9. The summed E-state index contributed by atoms with van der Waals surface area (Å²) in [6.07, 6.45) is 0. The summed E-state index contributed by atoms with van der Waals surface area (Å²) in [5, 5.41) is 6.33. The predicted molar refractivity (Wildman–Crippen MR) is 89.1 cm³/mol. The van der Waals surface area contributed by atoms with Crippen LogP contribution in [0.15, 0.2) is 24.3 Å². The quantitative estimate of drug-likeness (QED) is 0.657.